The molecule has 2 aromatic carbocycles. The monoisotopic (exact) mass is 476 g/mol. The smallest absolute Gasteiger partial charge is 0.254 e. The molecule has 2 aromatic rings. The number of hydrogen-bond donors (Lipinski definition) is 3. The Morgan fingerprint density at radius 1 is 1.00 bits per heavy atom. The molecule has 7 nitrogen and oxygen atoms in total. The van der Waals surface area contributed by atoms with E-state index in [-0.39, 0.29) is 32.2 Å². The van der Waals surface area contributed by atoms with Crippen LogP contribution in [-0.2, 0) is 0 Å². The summed E-state index contributed by atoms with van der Waals surface area (Å²) in [6.45, 7) is 9.74. The third-order valence-electron chi connectivity index (χ3n) is 5.40. The van der Waals surface area contributed by atoms with Gasteiger partial charge < -0.3 is 20.4 Å². The van der Waals surface area contributed by atoms with Crippen LogP contribution in [0.4, 0.5) is 5.69 Å². The van der Waals surface area contributed by atoms with Crippen LogP contribution in [0.25, 0.3) is 5.57 Å². The van der Waals surface area contributed by atoms with E-state index < -0.39 is 0 Å². The number of aliphatic hydroxyl groups excluding tert-OH is 2. The van der Waals surface area contributed by atoms with Crippen LogP contribution in [0.15, 0.2) is 70.9 Å². The van der Waals surface area contributed by atoms with Gasteiger partial charge in [0.25, 0.3) is 5.91 Å². The fraction of sp³-hybridized carbons (Fsp3) is 0.321. The minimum absolute atomic E-state index is 0.161. The molecule has 0 spiro atoms. The number of aryl methyl sites for hydroxylation is 2. The average molecular weight is 477 g/mol. The minimum Gasteiger partial charge on any atom is -0.395 e. The van der Waals surface area contributed by atoms with Gasteiger partial charge in [-0.05, 0) is 69.5 Å². The van der Waals surface area contributed by atoms with E-state index in [1.807, 2.05) is 52.1 Å². The van der Waals surface area contributed by atoms with Crippen LogP contribution in [0.3, 0.4) is 0 Å². The summed E-state index contributed by atoms with van der Waals surface area (Å²) in [5.74, 6) is 0.367. The molecule has 0 aliphatic rings. The fourth-order valence-electron chi connectivity index (χ4n) is 3.36. The number of benzene rings is 2. The highest BCUT2D eigenvalue weighted by Gasteiger charge is 2.17. The van der Waals surface area contributed by atoms with E-state index in [0.29, 0.717) is 17.1 Å². The van der Waals surface area contributed by atoms with Crippen LogP contribution in [-0.4, -0.2) is 58.9 Å². The van der Waals surface area contributed by atoms with Crippen molar-refractivity contribution in [2.45, 2.75) is 34.6 Å². The molecule has 0 saturated heterocycles. The largest absolute Gasteiger partial charge is 0.395 e. The van der Waals surface area contributed by atoms with E-state index in [2.05, 4.69) is 46.5 Å². The summed E-state index contributed by atoms with van der Waals surface area (Å²) in [4.78, 5) is 23.4. The van der Waals surface area contributed by atoms with Crippen molar-refractivity contribution in [3.8, 4) is 0 Å². The highest BCUT2D eigenvalue weighted by Crippen LogP contribution is 2.18. The van der Waals surface area contributed by atoms with Gasteiger partial charge in [0.1, 0.15) is 0 Å². The lowest BCUT2D eigenvalue weighted by Crippen LogP contribution is -2.36. The Labute approximate surface area is 208 Å². The SMILES string of the molecule is C\C=C/N=C(Nc1ccc(C(=O)N(CCO)CCO)c(C)c1)\C(C)=N\C=C(/C)c1ccc(C)cc1. The van der Waals surface area contributed by atoms with Crippen molar-refractivity contribution in [3.05, 3.63) is 83.2 Å². The van der Waals surface area contributed by atoms with Gasteiger partial charge in [0.15, 0.2) is 5.84 Å². The lowest BCUT2D eigenvalue weighted by molar-refractivity contribution is 0.0684. The van der Waals surface area contributed by atoms with Crippen molar-refractivity contribution < 1.29 is 15.0 Å². The number of anilines is 1. The molecular weight excluding hydrogens is 440 g/mol. The number of aliphatic imine (C=N–C) groups is 2. The second kappa shape index (κ2) is 14.0. The minimum atomic E-state index is -0.227. The maximum Gasteiger partial charge on any atom is 0.254 e. The quantitative estimate of drug-likeness (QED) is 0.345. The third-order valence-corrected chi connectivity index (χ3v) is 5.40. The molecular formula is C28H36N4O3. The standard InChI is InChI=1S/C28H36N4O3/c1-6-13-29-27(23(5)30-19-22(4)24-9-7-20(2)8-10-24)31-25-11-12-26(21(3)18-25)28(35)32(14-16-33)15-17-34/h6-13,18-19,33-34H,14-17H2,1-5H3,(H,29,31)/b13-6-,22-19+,30-23+. The van der Waals surface area contributed by atoms with Crippen molar-refractivity contribution in [1.82, 2.24) is 4.90 Å². The van der Waals surface area contributed by atoms with Crippen LogP contribution < -0.4 is 5.32 Å². The van der Waals surface area contributed by atoms with E-state index >= 15 is 0 Å². The molecule has 0 heterocycles. The van der Waals surface area contributed by atoms with Gasteiger partial charge in [-0.1, -0.05) is 35.9 Å². The Morgan fingerprint density at radius 3 is 2.23 bits per heavy atom. The molecule has 0 atom stereocenters. The maximum absolute atomic E-state index is 12.8. The molecule has 7 heteroatoms. The first-order valence-electron chi connectivity index (χ1n) is 11.7. The van der Waals surface area contributed by atoms with Crippen LogP contribution >= 0.6 is 0 Å². The first-order chi connectivity index (χ1) is 16.8. The molecule has 0 saturated carbocycles. The van der Waals surface area contributed by atoms with Gasteiger partial charge in [-0.3, -0.25) is 9.79 Å². The van der Waals surface area contributed by atoms with Crippen LogP contribution in [0.1, 0.15) is 47.8 Å². The average Bonchev–Trinajstić information content (AvgIpc) is 2.84. The van der Waals surface area contributed by atoms with Gasteiger partial charge in [0, 0.05) is 36.7 Å². The Bertz CT molecular complexity index is 1110. The zero-order valence-electron chi connectivity index (χ0n) is 21.2. The van der Waals surface area contributed by atoms with Gasteiger partial charge in [-0.25, -0.2) is 4.99 Å². The predicted molar refractivity (Wildman–Crippen MR) is 145 cm³/mol. The van der Waals surface area contributed by atoms with E-state index in [1.165, 1.54) is 10.5 Å². The summed E-state index contributed by atoms with van der Waals surface area (Å²) in [5, 5.41) is 21.8. The Balaban J connectivity index is 2.26. The summed E-state index contributed by atoms with van der Waals surface area (Å²) in [6.07, 6.45) is 5.37. The van der Waals surface area contributed by atoms with Crippen LogP contribution in [0.2, 0.25) is 0 Å². The molecule has 0 aliphatic carbocycles. The number of rotatable bonds is 10. The fourth-order valence-corrected chi connectivity index (χ4v) is 3.36. The number of hydrogen-bond acceptors (Lipinski definition) is 5. The number of carbonyl (C=O) groups is 1. The van der Waals surface area contributed by atoms with Gasteiger partial charge in [-0.2, -0.15) is 0 Å². The van der Waals surface area contributed by atoms with Crippen molar-refractivity contribution in [1.29, 1.82) is 0 Å². The van der Waals surface area contributed by atoms with Gasteiger partial charge in [-0.15, -0.1) is 0 Å². The molecule has 1 amide bonds. The number of carbonyl (C=O) groups excluding carboxylic acids is 1. The summed E-state index contributed by atoms with van der Waals surface area (Å²) >= 11 is 0. The summed E-state index contributed by atoms with van der Waals surface area (Å²) in [7, 11) is 0. The number of nitrogens with one attached hydrogen (secondary N) is 1. The Hall–Kier alpha value is -3.55. The van der Waals surface area contributed by atoms with Crippen LogP contribution in [0.5, 0.6) is 0 Å². The number of allylic oxidation sites excluding steroid dienone is 2. The van der Waals surface area contributed by atoms with E-state index in [1.54, 1.807) is 12.3 Å². The molecule has 186 valence electrons. The molecule has 2 rings (SSSR count). The first kappa shape index (κ1) is 27.7. The van der Waals surface area contributed by atoms with Gasteiger partial charge in [0.05, 0.1) is 18.9 Å². The zero-order valence-corrected chi connectivity index (χ0v) is 21.2. The Kier molecular flexibility index (Phi) is 11.1. The van der Waals surface area contributed by atoms with Gasteiger partial charge >= 0.3 is 0 Å². The lowest BCUT2D eigenvalue weighted by atomic mass is 10.1. The second-order valence-corrected chi connectivity index (χ2v) is 8.25. The third kappa shape index (κ3) is 8.31. The van der Waals surface area contributed by atoms with Crippen molar-refractivity contribution in [2.75, 3.05) is 31.6 Å². The highest BCUT2D eigenvalue weighted by molar-refractivity contribution is 6.45. The molecule has 0 radical (unpaired) electrons. The molecule has 0 aromatic heterocycles. The molecule has 0 fully saturated rings. The molecule has 0 unspecified atom stereocenters. The van der Waals surface area contributed by atoms with Crippen molar-refractivity contribution in [3.63, 3.8) is 0 Å². The van der Waals surface area contributed by atoms with E-state index in [4.69, 9.17) is 0 Å². The number of amides is 1. The van der Waals surface area contributed by atoms with Crippen LogP contribution in [0, 0.1) is 13.8 Å². The van der Waals surface area contributed by atoms with Crippen molar-refractivity contribution in [2.24, 2.45) is 9.98 Å². The Morgan fingerprint density at radius 2 is 1.66 bits per heavy atom. The van der Waals surface area contributed by atoms with Gasteiger partial charge in [0.2, 0.25) is 0 Å². The summed E-state index contributed by atoms with van der Waals surface area (Å²) < 4.78 is 0. The summed E-state index contributed by atoms with van der Waals surface area (Å²) in [5.41, 5.74) is 6.14. The first-order valence-corrected chi connectivity index (χ1v) is 11.7. The topological polar surface area (TPSA) is 97.5 Å². The number of aliphatic hydroxyl groups is 2. The lowest BCUT2D eigenvalue weighted by Gasteiger charge is -2.22. The van der Waals surface area contributed by atoms with Crippen molar-refractivity contribution >= 4 is 28.7 Å². The van der Waals surface area contributed by atoms with E-state index in [0.717, 1.165) is 22.4 Å². The number of amidine groups is 1. The number of nitrogens with zero attached hydrogens (tertiary/aromatic N) is 3. The zero-order chi connectivity index (χ0) is 25.8. The maximum atomic E-state index is 12.8. The normalized spacial score (nSPS) is 12.8. The molecule has 35 heavy (non-hydrogen) atoms. The van der Waals surface area contributed by atoms with E-state index in [9.17, 15) is 15.0 Å². The molecule has 0 bridgehead atoms. The second-order valence-electron chi connectivity index (χ2n) is 8.25. The molecule has 3 N–H and O–H groups in total. The highest BCUT2D eigenvalue weighted by atomic mass is 16.3. The molecule has 0 aliphatic heterocycles. The summed E-state index contributed by atoms with van der Waals surface area (Å²) in [6, 6.07) is 13.7. The predicted octanol–water partition coefficient (Wildman–Crippen LogP) is 4.60.